The van der Waals surface area contributed by atoms with E-state index in [2.05, 4.69) is 5.32 Å². The van der Waals surface area contributed by atoms with Crippen molar-refractivity contribution < 1.29 is 19.4 Å². The average molecular weight is 253 g/mol. The molecule has 5 heteroatoms. The van der Waals surface area contributed by atoms with E-state index in [1.807, 2.05) is 0 Å². The first-order valence-electron chi connectivity index (χ1n) is 5.95. The highest BCUT2D eigenvalue weighted by Gasteiger charge is 2.43. The lowest BCUT2D eigenvalue weighted by Gasteiger charge is -2.27. The van der Waals surface area contributed by atoms with E-state index in [1.54, 1.807) is 20.8 Å². The average Bonchev–Trinajstić information content (AvgIpc) is 2.54. The van der Waals surface area contributed by atoms with Crippen LogP contribution < -0.4 is 5.32 Å². The second kappa shape index (κ2) is 5.82. The van der Waals surface area contributed by atoms with Crippen LogP contribution in [0.5, 0.6) is 0 Å². The summed E-state index contributed by atoms with van der Waals surface area (Å²) in [6, 6.07) is 0. The van der Waals surface area contributed by atoms with Crippen molar-refractivity contribution in [2.75, 3.05) is 6.61 Å². The zero-order chi connectivity index (χ0) is 13.8. The maximum Gasteiger partial charge on any atom is 0.247 e. The van der Waals surface area contributed by atoms with Gasteiger partial charge in [0.25, 0.3) is 0 Å². The fraction of sp³-hybridized carbons (Fsp3) is 0.538. The second-order valence-corrected chi connectivity index (χ2v) is 4.36. The van der Waals surface area contributed by atoms with Crippen LogP contribution in [-0.2, 0) is 14.3 Å². The molecule has 1 rings (SSSR count). The molecule has 0 unspecified atom stereocenters. The molecule has 0 aromatic heterocycles. The highest BCUT2D eigenvalue weighted by Crippen LogP contribution is 2.25. The Hall–Kier alpha value is -1.62. The molecule has 100 valence electrons. The number of carbonyl (C=O) groups excluding carboxylic acids is 2. The van der Waals surface area contributed by atoms with Crippen LogP contribution in [0.1, 0.15) is 33.6 Å². The Morgan fingerprint density at radius 3 is 2.72 bits per heavy atom. The summed E-state index contributed by atoms with van der Waals surface area (Å²) in [7, 11) is 0. The third kappa shape index (κ3) is 3.20. The van der Waals surface area contributed by atoms with Gasteiger partial charge in [0.05, 0.1) is 0 Å². The minimum atomic E-state index is -1.27. The minimum absolute atomic E-state index is 0.00930. The Morgan fingerprint density at radius 2 is 2.28 bits per heavy atom. The van der Waals surface area contributed by atoms with Crippen molar-refractivity contribution in [2.45, 2.75) is 39.3 Å². The molecule has 0 aromatic rings. The van der Waals surface area contributed by atoms with Crippen molar-refractivity contribution in [1.82, 2.24) is 5.32 Å². The predicted octanol–water partition coefficient (Wildman–Crippen LogP) is 1.04. The van der Waals surface area contributed by atoms with Crippen molar-refractivity contribution in [2.24, 2.45) is 0 Å². The van der Waals surface area contributed by atoms with Crippen LogP contribution in [0.4, 0.5) is 0 Å². The molecule has 0 saturated carbocycles. The summed E-state index contributed by atoms with van der Waals surface area (Å²) in [6.07, 6.45) is 3.54. The lowest BCUT2D eigenvalue weighted by molar-refractivity contribution is -0.140. The molecule has 1 amide bonds. The molecule has 0 radical (unpaired) electrons. The van der Waals surface area contributed by atoms with Crippen molar-refractivity contribution in [3.63, 3.8) is 0 Å². The first-order chi connectivity index (χ1) is 8.43. The largest absolute Gasteiger partial charge is 0.465 e. The normalized spacial score (nSPS) is 23.7. The van der Waals surface area contributed by atoms with Crippen LogP contribution in [0.15, 0.2) is 23.5 Å². The molecule has 0 fully saturated rings. The number of ketones is 1. The zero-order valence-electron chi connectivity index (χ0n) is 10.9. The lowest BCUT2D eigenvalue weighted by Crippen LogP contribution is -2.52. The molecule has 0 saturated heterocycles. The monoisotopic (exact) mass is 253 g/mol. The quantitative estimate of drug-likeness (QED) is 0.718. The number of hydrogen-bond donors (Lipinski definition) is 2. The number of hydrogen-bond acceptors (Lipinski definition) is 4. The van der Waals surface area contributed by atoms with Gasteiger partial charge in [0, 0.05) is 25.2 Å². The van der Waals surface area contributed by atoms with Gasteiger partial charge < -0.3 is 15.2 Å². The third-order valence-electron chi connectivity index (χ3n) is 2.77. The van der Waals surface area contributed by atoms with Crippen molar-refractivity contribution >= 4 is 11.7 Å². The van der Waals surface area contributed by atoms with Crippen LogP contribution >= 0.6 is 0 Å². The van der Waals surface area contributed by atoms with Gasteiger partial charge in [-0.2, -0.15) is 0 Å². The predicted molar refractivity (Wildman–Crippen MR) is 66.5 cm³/mol. The second-order valence-electron chi connectivity index (χ2n) is 4.36. The molecule has 18 heavy (non-hydrogen) atoms. The molecule has 0 aromatic carbocycles. The zero-order valence-corrected chi connectivity index (χ0v) is 10.9. The Morgan fingerprint density at radius 1 is 1.61 bits per heavy atom. The number of nitrogens with one attached hydrogen (secondary N) is 1. The summed E-state index contributed by atoms with van der Waals surface area (Å²) < 4.78 is 5.42. The van der Waals surface area contributed by atoms with Gasteiger partial charge in [-0.05, 0) is 20.3 Å². The van der Waals surface area contributed by atoms with E-state index in [-0.39, 0.29) is 18.3 Å². The Kier molecular flexibility index (Phi) is 4.67. The number of ether oxygens (including phenoxy) is 1. The molecule has 1 atom stereocenters. The Bertz CT molecular complexity index is 411. The summed E-state index contributed by atoms with van der Waals surface area (Å²) in [4.78, 5) is 23.6. The van der Waals surface area contributed by atoms with Gasteiger partial charge in [0.2, 0.25) is 17.4 Å². The summed E-state index contributed by atoms with van der Waals surface area (Å²) >= 11 is 0. The Labute approximate surface area is 107 Å². The van der Waals surface area contributed by atoms with E-state index in [0.29, 0.717) is 18.6 Å². The molecule has 5 nitrogen and oxygen atoms in total. The molecule has 1 aliphatic rings. The molecule has 0 bridgehead atoms. The van der Waals surface area contributed by atoms with E-state index in [1.165, 1.54) is 12.2 Å². The van der Waals surface area contributed by atoms with Crippen LogP contribution in [0.3, 0.4) is 0 Å². The number of aliphatic hydroxyl groups excluding tert-OH is 1. The van der Waals surface area contributed by atoms with Crippen LogP contribution in [0.25, 0.3) is 0 Å². The molecular weight excluding hydrogens is 234 g/mol. The van der Waals surface area contributed by atoms with E-state index < -0.39 is 5.72 Å². The highest BCUT2D eigenvalue weighted by molar-refractivity contribution is 6.02. The number of carbonyl (C=O) groups is 2. The maximum atomic E-state index is 11.8. The molecule has 2 N–H and O–H groups in total. The topological polar surface area (TPSA) is 75.6 Å². The molecule has 0 spiro atoms. The van der Waals surface area contributed by atoms with Gasteiger partial charge in [-0.15, -0.1) is 0 Å². The van der Waals surface area contributed by atoms with Crippen LogP contribution in [-0.4, -0.2) is 29.1 Å². The van der Waals surface area contributed by atoms with Gasteiger partial charge in [0.1, 0.15) is 5.76 Å². The van der Waals surface area contributed by atoms with Gasteiger partial charge in [-0.1, -0.05) is 12.5 Å². The number of rotatable bonds is 5. The number of aliphatic hydroxyl groups is 1. The first kappa shape index (κ1) is 14.4. The number of allylic oxidation sites excluding steroid dienone is 1. The molecule has 0 aliphatic carbocycles. The smallest absolute Gasteiger partial charge is 0.247 e. The van der Waals surface area contributed by atoms with Crippen molar-refractivity contribution in [1.29, 1.82) is 0 Å². The fourth-order valence-electron chi connectivity index (χ4n) is 1.79. The van der Waals surface area contributed by atoms with E-state index in [4.69, 9.17) is 9.84 Å². The van der Waals surface area contributed by atoms with E-state index in [0.717, 1.165) is 5.57 Å². The van der Waals surface area contributed by atoms with E-state index in [9.17, 15) is 9.59 Å². The van der Waals surface area contributed by atoms with E-state index >= 15 is 0 Å². The van der Waals surface area contributed by atoms with Gasteiger partial charge in [-0.25, -0.2) is 0 Å². The van der Waals surface area contributed by atoms with Gasteiger partial charge >= 0.3 is 0 Å². The summed E-state index contributed by atoms with van der Waals surface area (Å²) in [5.41, 5.74) is -0.520. The van der Waals surface area contributed by atoms with Crippen LogP contribution in [0, 0.1) is 0 Å². The fourth-order valence-corrected chi connectivity index (χ4v) is 1.79. The van der Waals surface area contributed by atoms with Gasteiger partial charge in [0.15, 0.2) is 0 Å². The third-order valence-corrected chi connectivity index (χ3v) is 2.77. The van der Waals surface area contributed by atoms with Crippen LogP contribution in [0.2, 0.25) is 0 Å². The molecule has 1 heterocycles. The SMILES string of the molecule is CC[C@@]1(NC(=O)/C=C(\C)CCO)OC(C)=CC1=O. The summed E-state index contributed by atoms with van der Waals surface area (Å²) in [5, 5.41) is 11.3. The van der Waals surface area contributed by atoms with Crippen molar-refractivity contribution in [3.8, 4) is 0 Å². The molecular formula is C13H19NO4. The first-order valence-corrected chi connectivity index (χ1v) is 5.95. The highest BCUT2D eigenvalue weighted by atomic mass is 16.5. The molecule has 1 aliphatic heterocycles. The Balaban J connectivity index is 2.74. The van der Waals surface area contributed by atoms with Gasteiger partial charge in [-0.3, -0.25) is 9.59 Å². The summed E-state index contributed by atoms with van der Waals surface area (Å²) in [5.74, 6) is -0.137. The standard InChI is InChI=1S/C13H19NO4/c1-4-13(11(16)8-10(3)18-13)14-12(17)7-9(2)5-6-15/h7-8,15H,4-6H2,1-3H3,(H,14,17)/b9-7+/t13-/m1/s1. The summed E-state index contributed by atoms with van der Waals surface area (Å²) in [6.45, 7) is 5.18. The minimum Gasteiger partial charge on any atom is -0.465 e. The van der Waals surface area contributed by atoms with Crippen molar-refractivity contribution in [3.05, 3.63) is 23.5 Å². The number of amides is 1. The lowest BCUT2D eigenvalue weighted by atomic mass is 10.1. The maximum absolute atomic E-state index is 11.8.